The van der Waals surface area contributed by atoms with Crippen molar-refractivity contribution in [2.24, 2.45) is 5.73 Å². The van der Waals surface area contributed by atoms with Crippen molar-refractivity contribution in [1.29, 1.82) is 0 Å². The van der Waals surface area contributed by atoms with Crippen LogP contribution in [0, 0.1) is 0 Å². The largest absolute Gasteiger partial charge is 0.469 e. The Bertz CT molecular complexity index is 241. The molecule has 0 aromatic carbocycles. The van der Waals surface area contributed by atoms with E-state index < -0.39 is 19.8 Å². The van der Waals surface area contributed by atoms with E-state index in [1.807, 2.05) is 0 Å². The topological polar surface area (TPSA) is 122 Å². The maximum atomic E-state index is 11.0. The fraction of sp³-hybridized carbons (Fsp3) is 0.800. The molecule has 0 bridgehead atoms. The molecule has 7 nitrogen and oxygen atoms in total. The van der Waals surface area contributed by atoms with Gasteiger partial charge in [-0.15, -0.1) is 0 Å². The summed E-state index contributed by atoms with van der Waals surface area (Å²) >= 11 is 3.80. The SMILES string of the molecule is NC(CS)C(=O)NCCOP(=O)(O)O.[Fm].[Fm]. The van der Waals surface area contributed by atoms with Crippen molar-refractivity contribution in [2.75, 3.05) is 18.9 Å². The molecule has 1 amide bonds. The van der Waals surface area contributed by atoms with Gasteiger partial charge in [-0.05, 0) is 0 Å². The maximum Gasteiger partial charge on any atom is 0.469 e. The molecule has 16 heavy (non-hydrogen) atoms. The minimum absolute atomic E-state index is 0. The first-order valence-corrected chi connectivity index (χ1v) is 5.87. The molecule has 0 aliphatic heterocycles. The first kappa shape index (κ1) is 19.5. The van der Waals surface area contributed by atoms with E-state index >= 15 is 0 Å². The molecule has 0 fully saturated rings. The predicted molar refractivity (Wildman–Crippen MR) is 52.8 cm³/mol. The minimum Gasteiger partial charge on any atom is -0.352 e. The van der Waals surface area contributed by atoms with Gasteiger partial charge in [0.2, 0.25) is 5.91 Å². The second-order valence-electron chi connectivity index (χ2n) is 2.40. The number of carbonyl (C=O) groups excluding carboxylic acids is 1. The number of nitrogens with two attached hydrogens (primary N) is 1. The Morgan fingerprint density at radius 2 is 2.00 bits per heavy atom. The molecular weight excluding hydrogens is 745 g/mol. The molecule has 0 aliphatic carbocycles. The van der Waals surface area contributed by atoms with Gasteiger partial charge in [0.05, 0.1) is 12.6 Å². The van der Waals surface area contributed by atoms with Crippen molar-refractivity contribution < 1.29 is 23.7 Å². The van der Waals surface area contributed by atoms with Crippen LogP contribution in [0.2, 0.25) is 0 Å². The third kappa shape index (κ3) is 9.97. The molecule has 0 heterocycles. The summed E-state index contributed by atoms with van der Waals surface area (Å²) in [4.78, 5) is 27.5. The van der Waals surface area contributed by atoms with Crippen molar-refractivity contribution in [3.05, 3.63) is 0 Å². The third-order valence-electron chi connectivity index (χ3n) is 1.19. The molecule has 108 valence electrons. The van der Waals surface area contributed by atoms with Crippen LogP contribution >= 0.6 is 20.5 Å². The molecule has 0 aromatic heterocycles. The van der Waals surface area contributed by atoms with Crippen LogP contribution in [0.4, 0.5) is 0 Å². The molecule has 1 unspecified atom stereocenters. The van der Waals surface area contributed by atoms with Gasteiger partial charge in [-0.2, -0.15) is 12.6 Å². The number of carbonyl (C=O) groups is 1. The van der Waals surface area contributed by atoms with Crippen molar-refractivity contribution in [1.82, 2.24) is 5.32 Å². The smallest absolute Gasteiger partial charge is 0.352 e. The number of rotatable bonds is 6. The number of hydrogen-bond acceptors (Lipinski definition) is 5. The van der Waals surface area contributed by atoms with Gasteiger partial charge in [0.25, 0.3) is 0 Å². The Morgan fingerprint density at radius 1 is 1.50 bits per heavy atom. The first-order chi connectivity index (χ1) is 6.37. The summed E-state index contributed by atoms with van der Waals surface area (Å²) < 4.78 is 14.3. The van der Waals surface area contributed by atoms with E-state index in [1.54, 1.807) is 0 Å². The van der Waals surface area contributed by atoms with Crippen LogP contribution in [0.5, 0.6) is 0 Å². The zero-order valence-electron chi connectivity index (χ0n) is 7.87. The molecule has 0 saturated carbocycles. The van der Waals surface area contributed by atoms with E-state index in [-0.39, 0.29) is 18.9 Å². The van der Waals surface area contributed by atoms with E-state index in [4.69, 9.17) is 15.5 Å². The van der Waals surface area contributed by atoms with Crippen LogP contribution in [0.15, 0.2) is 0 Å². The van der Waals surface area contributed by atoms with Gasteiger partial charge in [0.1, 0.15) is 0 Å². The molecule has 0 aromatic rings. The summed E-state index contributed by atoms with van der Waals surface area (Å²) in [6.45, 7) is -0.277. The van der Waals surface area contributed by atoms with E-state index in [2.05, 4.69) is 22.5 Å². The molecule has 5 N–H and O–H groups in total. The zero-order valence-corrected chi connectivity index (χ0v) is 14.5. The van der Waals surface area contributed by atoms with Crippen LogP contribution < -0.4 is 11.1 Å². The predicted octanol–water partition coefficient (Wildman–Crippen LogP) is -1.53. The van der Waals surface area contributed by atoms with Crippen LogP contribution in [-0.2, 0) is 13.9 Å². The minimum atomic E-state index is -4.45. The van der Waals surface area contributed by atoms with E-state index in [0.29, 0.717) is 0 Å². The first-order valence-electron chi connectivity index (χ1n) is 3.71. The van der Waals surface area contributed by atoms with E-state index in [9.17, 15) is 9.36 Å². The number of phosphoric ester groups is 1. The summed E-state index contributed by atoms with van der Waals surface area (Å²) in [6, 6.07) is -0.728. The van der Waals surface area contributed by atoms with E-state index in [0.717, 1.165) is 0 Å². The van der Waals surface area contributed by atoms with Crippen molar-refractivity contribution >= 4 is 26.4 Å². The second-order valence-corrected chi connectivity index (χ2v) is 4.01. The average molecular weight is 758 g/mol. The molecule has 0 rings (SSSR count). The molecule has 0 aliphatic rings. The quantitative estimate of drug-likeness (QED) is 0.128. The number of phosphoric acid groups is 1. The Labute approximate surface area is 86.7 Å². The summed E-state index contributed by atoms with van der Waals surface area (Å²) in [5.41, 5.74) is 5.30. The Morgan fingerprint density at radius 3 is 2.38 bits per heavy atom. The fourth-order valence-electron chi connectivity index (χ4n) is 0.553. The van der Waals surface area contributed by atoms with Crippen LogP contribution in [0.25, 0.3) is 0 Å². The average Bonchev–Trinajstić information content (AvgIpc) is 2.09. The monoisotopic (exact) mass is 758 g/mol. The van der Waals surface area contributed by atoms with Gasteiger partial charge >= 0.3 is 7.82 Å². The van der Waals surface area contributed by atoms with Crippen LogP contribution in [0.3, 0.4) is 0 Å². The Hall–Kier alpha value is -2.11. The fourth-order valence-corrected chi connectivity index (χ4v) is 1.05. The van der Waals surface area contributed by atoms with Crippen molar-refractivity contribution in [3.8, 4) is 0 Å². The number of hydrogen-bond donors (Lipinski definition) is 5. The van der Waals surface area contributed by atoms with E-state index in [1.165, 1.54) is 0 Å². The third-order valence-corrected chi connectivity index (χ3v) is 2.11. The second kappa shape index (κ2) is 8.22. The molecule has 0 spiro atoms. The zero-order chi connectivity index (χ0) is 11.2. The van der Waals surface area contributed by atoms with Crippen molar-refractivity contribution in [3.63, 3.8) is 0 Å². The summed E-state index contributed by atoms with van der Waals surface area (Å²) in [7, 11) is -4.45. The van der Waals surface area contributed by atoms with Crippen LogP contribution in [0.1, 0.15) is 0 Å². The summed E-state index contributed by atoms with van der Waals surface area (Å²) in [5.74, 6) is -0.236. The normalized spacial score (nSPS) is 12.0. The number of amides is 1. The van der Waals surface area contributed by atoms with Gasteiger partial charge in [-0.25, -0.2) is 4.57 Å². The standard InChI is InChI=1S/C5H13N2O5PS.2Fm/c6-4(3-14)5(8)7-1-2-12-13(9,10)11;;/h4,14H,1-3,6H2,(H,7,8)(H2,9,10,11);;. The molecular formula is C5H13Fm2N2O5PS. The maximum absolute atomic E-state index is 11.0. The van der Waals surface area contributed by atoms with Gasteiger partial charge in [0.15, 0.2) is 0 Å². The van der Waals surface area contributed by atoms with Gasteiger partial charge in [0, 0.05) is 12.3 Å². The molecule has 1 atom stereocenters. The van der Waals surface area contributed by atoms with Crippen molar-refractivity contribution in [2.45, 2.75) is 6.04 Å². The van der Waals surface area contributed by atoms with Gasteiger partial charge < -0.3 is 20.8 Å². The molecule has 11 heteroatoms. The number of nitrogens with one attached hydrogen (secondary N) is 1. The van der Waals surface area contributed by atoms with Crippen LogP contribution in [-0.4, -0.2) is 40.6 Å². The Balaban J connectivity index is -0.000000845. The summed E-state index contributed by atoms with van der Waals surface area (Å²) in [5, 5.41) is 2.32. The molecule has 0 saturated heterocycles. The number of thiol groups is 1. The Kier molecular flexibility index (Phi) is 10.00. The van der Waals surface area contributed by atoms with Gasteiger partial charge in [-0.3, -0.25) is 9.32 Å². The van der Waals surface area contributed by atoms with Gasteiger partial charge in [-0.1, -0.05) is 0 Å². The molecule has 0 radical (unpaired) electrons. The summed E-state index contributed by atoms with van der Waals surface area (Å²) in [6.07, 6.45) is 0.